The largest absolute Gasteiger partial charge is 0.497 e. The summed E-state index contributed by atoms with van der Waals surface area (Å²) in [5.74, 6) is -1.31. The molecular weight excluding hydrogens is 592 g/mol. The Morgan fingerprint density at radius 3 is 2.27 bits per heavy atom. The maximum Gasteiger partial charge on any atom is 0.356 e. The minimum absolute atomic E-state index is 0.0288. The van der Waals surface area contributed by atoms with Crippen molar-refractivity contribution in [1.29, 1.82) is 0 Å². The van der Waals surface area contributed by atoms with Crippen LogP contribution in [0.4, 0.5) is 5.69 Å². The number of β-lactam (4-membered cyclic amide) rings is 1. The molecule has 1 N–H and O–H groups in total. The molecule has 3 aromatic carbocycles. The van der Waals surface area contributed by atoms with Gasteiger partial charge in [0.25, 0.3) is 5.69 Å². The van der Waals surface area contributed by atoms with Gasteiger partial charge in [0.05, 0.1) is 36.7 Å². The number of amides is 1. The summed E-state index contributed by atoms with van der Waals surface area (Å²) in [5.41, 5.74) is 1.96. The van der Waals surface area contributed by atoms with Gasteiger partial charge in [-0.2, -0.15) is 0 Å². The van der Waals surface area contributed by atoms with Gasteiger partial charge in [0.1, 0.15) is 35.8 Å². The van der Waals surface area contributed by atoms with Crippen molar-refractivity contribution in [3.05, 3.63) is 105 Å². The van der Waals surface area contributed by atoms with E-state index in [0.717, 1.165) is 0 Å². The fourth-order valence-electron chi connectivity index (χ4n) is 4.86. The molecule has 0 unspecified atom stereocenters. The summed E-state index contributed by atoms with van der Waals surface area (Å²) in [6.45, 7) is 1.32. The number of nitrogens with zero attached hydrogens (tertiary/aromatic N) is 2. The minimum atomic E-state index is -0.922. The number of ether oxygens (including phenoxy) is 4. The van der Waals surface area contributed by atoms with E-state index in [1.54, 1.807) is 42.5 Å². The van der Waals surface area contributed by atoms with Crippen LogP contribution in [0.3, 0.4) is 0 Å². The Hall–Kier alpha value is -4.88. The third-order valence-corrected chi connectivity index (χ3v) is 8.66. The van der Waals surface area contributed by atoms with Crippen LogP contribution in [0.25, 0.3) is 4.91 Å². The summed E-state index contributed by atoms with van der Waals surface area (Å²) in [4.78, 5) is 51.2. The van der Waals surface area contributed by atoms with Gasteiger partial charge in [-0.25, -0.2) is 9.59 Å². The molecule has 2 heterocycles. The molecule has 3 aromatic rings. The molecule has 12 nitrogen and oxygen atoms in total. The van der Waals surface area contributed by atoms with Gasteiger partial charge in [0.2, 0.25) is 5.91 Å². The molecule has 1 amide bonds. The number of aliphatic hydroxyl groups is 1. The zero-order valence-corrected chi connectivity index (χ0v) is 24.7. The van der Waals surface area contributed by atoms with E-state index in [2.05, 4.69) is 0 Å². The Kier molecular flexibility index (Phi) is 8.88. The Morgan fingerprint density at radius 1 is 0.977 bits per heavy atom. The number of hydrogen-bond acceptors (Lipinski definition) is 11. The molecule has 228 valence electrons. The molecule has 0 spiro atoms. The highest BCUT2D eigenvalue weighted by Gasteiger charge is 2.58. The molecule has 0 aliphatic carbocycles. The van der Waals surface area contributed by atoms with Gasteiger partial charge < -0.3 is 24.1 Å². The number of aliphatic hydroxyl groups excluding tert-OH is 1. The SMILES string of the molecule is COc1ccc(COC(=O)c2ccc(C3=C(C(=O)OCc4ccc([N+](=O)[O-])cc4)N4C(=O)[C@H]([C@@H](C)O)[C@H]4S3)cc2)c(OC)c1. The first-order valence-corrected chi connectivity index (χ1v) is 14.3. The highest BCUT2D eigenvalue weighted by atomic mass is 32.2. The molecule has 0 aromatic heterocycles. The van der Waals surface area contributed by atoms with Crippen molar-refractivity contribution in [3.63, 3.8) is 0 Å². The van der Waals surface area contributed by atoms with Gasteiger partial charge in [-0.05, 0) is 54.4 Å². The fourth-order valence-corrected chi connectivity index (χ4v) is 6.47. The van der Waals surface area contributed by atoms with Crippen molar-refractivity contribution in [3.8, 4) is 11.5 Å². The van der Waals surface area contributed by atoms with E-state index in [1.807, 2.05) is 0 Å². The lowest BCUT2D eigenvalue weighted by molar-refractivity contribution is -0.384. The van der Waals surface area contributed by atoms with Crippen LogP contribution >= 0.6 is 11.8 Å². The lowest BCUT2D eigenvalue weighted by Crippen LogP contribution is -2.60. The van der Waals surface area contributed by atoms with E-state index < -0.39 is 40.2 Å². The number of benzene rings is 3. The van der Waals surface area contributed by atoms with Crippen molar-refractivity contribution in [2.75, 3.05) is 14.2 Å². The smallest absolute Gasteiger partial charge is 0.356 e. The number of thioether (sulfide) groups is 1. The first kappa shape index (κ1) is 30.6. The van der Waals surface area contributed by atoms with Crippen LogP contribution in [0.15, 0.2) is 72.4 Å². The molecule has 0 bridgehead atoms. The summed E-state index contributed by atoms with van der Waals surface area (Å²) in [6, 6.07) is 17.1. The predicted molar refractivity (Wildman–Crippen MR) is 158 cm³/mol. The van der Waals surface area contributed by atoms with Crippen LogP contribution in [-0.4, -0.2) is 58.5 Å². The van der Waals surface area contributed by atoms with Gasteiger partial charge in [-0.1, -0.05) is 23.9 Å². The number of esters is 2. The molecule has 2 aliphatic heterocycles. The second kappa shape index (κ2) is 12.8. The maximum atomic E-state index is 13.3. The van der Waals surface area contributed by atoms with E-state index in [0.29, 0.717) is 33.1 Å². The van der Waals surface area contributed by atoms with Gasteiger partial charge in [0.15, 0.2) is 0 Å². The fraction of sp³-hybridized carbons (Fsp3) is 0.258. The lowest BCUT2D eigenvalue weighted by Gasteiger charge is -2.43. The quantitative estimate of drug-likeness (QED) is 0.141. The highest BCUT2D eigenvalue weighted by Crippen LogP contribution is 2.54. The number of fused-ring (bicyclic) bond motifs is 1. The summed E-state index contributed by atoms with van der Waals surface area (Å²) in [7, 11) is 3.05. The van der Waals surface area contributed by atoms with Crippen LogP contribution in [0.5, 0.6) is 11.5 Å². The van der Waals surface area contributed by atoms with Crippen molar-refractivity contribution in [1.82, 2.24) is 4.90 Å². The normalized spacial score (nSPS) is 17.8. The Labute approximate surface area is 256 Å². The average Bonchev–Trinajstić information content (AvgIpc) is 3.37. The van der Waals surface area contributed by atoms with E-state index >= 15 is 0 Å². The van der Waals surface area contributed by atoms with Gasteiger partial charge in [-0.3, -0.25) is 19.8 Å². The molecule has 44 heavy (non-hydrogen) atoms. The summed E-state index contributed by atoms with van der Waals surface area (Å²) in [6.07, 6.45) is -0.922. The number of rotatable bonds is 11. The predicted octanol–water partition coefficient (Wildman–Crippen LogP) is 4.29. The van der Waals surface area contributed by atoms with Crippen LogP contribution in [0, 0.1) is 16.0 Å². The third-order valence-electron chi connectivity index (χ3n) is 7.24. The van der Waals surface area contributed by atoms with E-state index in [1.165, 1.54) is 62.1 Å². The van der Waals surface area contributed by atoms with Crippen molar-refractivity contribution >= 4 is 40.2 Å². The average molecular weight is 621 g/mol. The van der Waals surface area contributed by atoms with Crippen molar-refractivity contribution < 1.29 is 43.4 Å². The van der Waals surface area contributed by atoms with E-state index in [4.69, 9.17) is 18.9 Å². The molecule has 3 atom stereocenters. The van der Waals surface area contributed by atoms with Crippen molar-refractivity contribution in [2.45, 2.75) is 31.6 Å². The number of carbonyl (C=O) groups is 3. The zero-order chi connectivity index (χ0) is 31.5. The molecule has 5 rings (SSSR count). The highest BCUT2D eigenvalue weighted by molar-refractivity contribution is 8.09. The molecule has 0 radical (unpaired) electrons. The molecule has 0 saturated carbocycles. The number of hydrogen-bond donors (Lipinski definition) is 1. The number of methoxy groups -OCH3 is 2. The second-order valence-electron chi connectivity index (χ2n) is 9.99. The molecule has 1 saturated heterocycles. The molecular formula is C31H28N2O10S. The number of carbonyl (C=O) groups excluding carboxylic acids is 3. The first-order chi connectivity index (χ1) is 21.1. The summed E-state index contributed by atoms with van der Waals surface area (Å²) in [5, 5.41) is 20.6. The lowest BCUT2D eigenvalue weighted by atomic mass is 9.92. The topological polar surface area (TPSA) is 155 Å². The zero-order valence-electron chi connectivity index (χ0n) is 23.9. The second-order valence-corrected chi connectivity index (χ2v) is 11.1. The van der Waals surface area contributed by atoms with E-state index in [-0.39, 0.29) is 30.2 Å². The standard InChI is InChI=1S/C31H28N2O10S/c1-17(34)25-28(35)32-26(31(37)42-15-18-4-11-22(12-5-18)33(38)39)27(44-29(25)32)19-6-8-20(9-7-19)30(36)43-16-21-10-13-23(40-2)14-24(21)41-3/h4-14,17,25,29,34H,15-16H2,1-3H3/t17-,25+,29-/m1/s1. The Morgan fingerprint density at radius 2 is 1.66 bits per heavy atom. The Balaban J connectivity index is 1.33. The van der Waals surface area contributed by atoms with Crippen molar-refractivity contribution in [2.24, 2.45) is 5.92 Å². The number of nitro benzene ring substituents is 1. The molecule has 1 fully saturated rings. The summed E-state index contributed by atoms with van der Waals surface area (Å²) >= 11 is 1.25. The van der Waals surface area contributed by atoms with Gasteiger partial charge in [0, 0.05) is 28.7 Å². The van der Waals surface area contributed by atoms with Crippen LogP contribution in [0.1, 0.15) is 34.0 Å². The number of non-ortho nitro benzene ring substituents is 1. The minimum Gasteiger partial charge on any atom is -0.497 e. The third kappa shape index (κ3) is 5.96. The van der Waals surface area contributed by atoms with Crippen LogP contribution < -0.4 is 9.47 Å². The molecule has 2 aliphatic rings. The van der Waals surface area contributed by atoms with Gasteiger partial charge >= 0.3 is 11.9 Å². The number of nitro groups is 1. The maximum absolute atomic E-state index is 13.3. The Bertz CT molecular complexity index is 1640. The monoisotopic (exact) mass is 620 g/mol. The van der Waals surface area contributed by atoms with Crippen LogP contribution in [-0.2, 0) is 32.3 Å². The molecule has 13 heteroatoms. The van der Waals surface area contributed by atoms with Gasteiger partial charge in [-0.15, -0.1) is 0 Å². The summed E-state index contributed by atoms with van der Waals surface area (Å²) < 4.78 is 21.5. The first-order valence-electron chi connectivity index (χ1n) is 13.4. The van der Waals surface area contributed by atoms with Crippen LogP contribution in [0.2, 0.25) is 0 Å². The van der Waals surface area contributed by atoms with E-state index in [9.17, 15) is 29.6 Å².